The van der Waals surface area contributed by atoms with Crippen molar-refractivity contribution in [1.29, 1.82) is 0 Å². The van der Waals surface area contributed by atoms with Crippen molar-refractivity contribution in [3.05, 3.63) is 68.9 Å². The third-order valence-corrected chi connectivity index (χ3v) is 6.62. The Bertz CT molecular complexity index is 1080. The van der Waals surface area contributed by atoms with Gasteiger partial charge < -0.3 is 5.32 Å². The van der Waals surface area contributed by atoms with Crippen LogP contribution in [0.5, 0.6) is 0 Å². The first-order valence-corrected chi connectivity index (χ1v) is 11.1. The van der Waals surface area contributed by atoms with Crippen molar-refractivity contribution in [2.24, 2.45) is 0 Å². The van der Waals surface area contributed by atoms with Crippen molar-refractivity contribution in [2.45, 2.75) is 37.6 Å². The van der Waals surface area contributed by atoms with Crippen molar-refractivity contribution < 1.29 is 4.79 Å². The predicted molar refractivity (Wildman–Crippen MR) is 122 cm³/mol. The van der Waals surface area contributed by atoms with E-state index in [-0.39, 0.29) is 17.9 Å². The summed E-state index contributed by atoms with van der Waals surface area (Å²) in [5.41, 5.74) is 2.02. The smallest absolute Gasteiger partial charge is 0.240 e. The average Bonchev–Trinajstić information content (AvgIpc) is 3.36. The van der Waals surface area contributed by atoms with E-state index in [4.69, 9.17) is 35.4 Å². The summed E-state index contributed by atoms with van der Waals surface area (Å²) in [7, 11) is 0. The average molecular weight is 461 g/mol. The second-order valence-corrected chi connectivity index (χ2v) is 8.98. The molecule has 0 atom stereocenters. The van der Waals surface area contributed by atoms with E-state index in [0.29, 0.717) is 22.2 Å². The van der Waals surface area contributed by atoms with Gasteiger partial charge in [0, 0.05) is 27.6 Å². The van der Waals surface area contributed by atoms with Gasteiger partial charge in [-0.3, -0.25) is 14.5 Å². The number of amides is 1. The Morgan fingerprint density at radius 3 is 2.30 bits per heavy atom. The van der Waals surface area contributed by atoms with Crippen LogP contribution in [0.1, 0.15) is 31.2 Å². The van der Waals surface area contributed by atoms with Gasteiger partial charge in [0.15, 0.2) is 10.6 Å². The molecule has 0 unspecified atom stereocenters. The minimum atomic E-state index is -0.0945. The third kappa shape index (κ3) is 4.46. The fraction of sp³-hybridized carbons (Fsp3) is 0.318. The van der Waals surface area contributed by atoms with Gasteiger partial charge in [-0.25, -0.2) is 0 Å². The molecule has 4 rings (SSSR count). The number of carbonyl (C=O) groups is 1. The maximum Gasteiger partial charge on any atom is 0.240 e. The number of nitrogens with one attached hydrogen (secondary N) is 2. The van der Waals surface area contributed by atoms with E-state index in [9.17, 15) is 4.79 Å². The standard InChI is InChI=1S/C22H22Cl2N4OS/c23-17-7-3-15(4-8-17)20-26-27-21(30)28(20)13-19(29)25-14-22(11-1-2-12-22)16-5-9-18(24)10-6-16/h3-10H,1-2,11-14H2,(H,25,29)(H,27,30). The Morgan fingerprint density at radius 2 is 1.67 bits per heavy atom. The summed E-state index contributed by atoms with van der Waals surface area (Å²) in [6.45, 7) is 0.693. The van der Waals surface area contributed by atoms with E-state index in [0.717, 1.165) is 36.3 Å². The van der Waals surface area contributed by atoms with Crippen LogP contribution >= 0.6 is 35.4 Å². The number of H-pyrrole nitrogens is 1. The molecule has 0 aliphatic heterocycles. The zero-order valence-electron chi connectivity index (χ0n) is 16.3. The molecule has 2 aromatic carbocycles. The summed E-state index contributed by atoms with van der Waals surface area (Å²) in [5.74, 6) is 0.517. The van der Waals surface area contributed by atoms with Gasteiger partial charge in [0.1, 0.15) is 6.54 Å². The lowest BCUT2D eigenvalue weighted by molar-refractivity contribution is -0.121. The zero-order valence-corrected chi connectivity index (χ0v) is 18.7. The van der Waals surface area contributed by atoms with Crippen LogP contribution in [0.4, 0.5) is 0 Å². The van der Waals surface area contributed by atoms with Crippen LogP contribution in [0.25, 0.3) is 11.4 Å². The van der Waals surface area contributed by atoms with E-state index in [1.165, 1.54) is 5.56 Å². The Hall–Kier alpha value is -2.15. The summed E-state index contributed by atoms with van der Waals surface area (Å²) < 4.78 is 2.11. The Morgan fingerprint density at radius 1 is 1.07 bits per heavy atom. The second-order valence-electron chi connectivity index (χ2n) is 7.72. The van der Waals surface area contributed by atoms with E-state index >= 15 is 0 Å². The fourth-order valence-electron chi connectivity index (χ4n) is 4.17. The van der Waals surface area contributed by atoms with Crippen LogP contribution in [-0.2, 0) is 16.8 Å². The van der Waals surface area contributed by atoms with Crippen LogP contribution < -0.4 is 5.32 Å². The highest BCUT2D eigenvalue weighted by Crippen LogP contribution is 2.41. The SMILES string of the molecule is O=C(Cn1c(-c2ccc(Cl)cc2)n[nH]c1=S)NCC1(c2ccc(Cl)cc2)CCCC1. The molecule has 0 saturated heterocycles. The second kappa shape index (κ2) is 8.92. The van der Waals surface area contributed by atoms with E-state index < -0.39 is 0 Å². The number of aromatic nitrogens is 3. The summed E-state index contributed by atoms with van der Waals surface area (Å²) >= 11 is 17.4. The maximum atomic E-state index is 12.8. The normalized spacial score (nSPS) is 15.3. The molecule has 8 heteroatoms. The first-order chi connectivity index (χ1) is 14.5. The topological polar surface area (TPSA) is 62.7 Å². The van der Waals surface area contributed by atoms with Crippen molar-refractivity contribution in [3.63, 3.8) is 0 Å². The first-order valence-electron chi connectivity index (χ1n) is 9.91. The lowest BCUT2D eigenvalue weighted by atomic mass is 9.79. The maximum absolute atomic E-state index is 12.8. The van der Waals surface area contributed by atoms with Crippen LogP contribution in [0.3, 0.4) is 0 Å². The van der Waals surface area contributed by atoms with Crippen molar-refractivity contribution in [1.82, 2.24) is 20.1 Å². The Labute approximate surface area is 190 Å². The van der Waals surface area contributed by atoms with E-state index in [1.54, 1.807) is 16.7 Å². The van der Waals surface area contributed by atoms with Crippen LogP contribution in [0.15, 0.2) is 48.5 Å². The molecule has 1 fully saturated rings. The van der Waals surface area contributed by atoms with Crippen LogP contribution in [-0.4, -0.2) is 27.2 Å². The highest BCUT2D eigenvalue weighted by atomic mass is 35.5. The largest absolute Gasteiger partial charge is 0.354 e. The molecule has 30 heavy (non-hydrogen) atoms. The number of rotatable bonds is 6. The molecule has 1 aromatic heterocycles. The lowest BCUT2D eigenvalue weighted by Gasteiger charge is -2.30. The quantitative estimate of drug-likeness (QED) is 0.474. The summed E-state index contributed by atoms with van der Waals surface area (Å²) in [6, 6.07) is 15.3. The molecule has 2 N–H and O–H groups in total. The summed E-state index contributed by atoms with van der Waals surface area (Å²) in [6.07, 6.45) is 4.42. The van der Waals surface area contributed by atoms with E-state index in [1.807, 2.05) is 24.3 Å². The zero-order chi connectivity index (χ0) is 21.1. The number of carbonyl (C=O) groups excluding carboxylic acids is 1. The summed E-state index contributed by atoms with van der Waals surface area (Å²) in [5, 5.41) is 11.6. The number of aromatic amines is 1. The molecule has 0 radical (unpaired) electrons. The molecule has 1 aliphatic carbocycles. The highest BCUT2D eigenvalue weighted by Gasteiger charge is 2.35. The molecule has 0 spiro atoms. The van der Waals surface area contributed by atoms with Crippen LogP contribution in [0, 0.1) is 4.77 Å². The van der Waals surface area contributed by atoms with Gasteiger partial charge in [0.25, 0.3) is 0 Å². The lowest BCUT2D eigenvalue weighted by Crippen LogP contribution is -2.40. The summed E-state index contributed by atoms with van der Waals surface area (Å²) in [4.78, 5) is 12.8. The third-order valence-electron chi connectivity index (χ3n) is 5.80. The molecular formula is C22H22Cl2N4OS. The molecule has 1 saturated carbocycles. The first kappa shape index (κ1) is 21.1. The van der Waals surface area contributed by atoms with Gasteiger partial charge in [0.2, 0.25) is 5.91 Å². The number of nitrogens with zero attached hydrogens (tertiary/aromatic N) is 2. The molecule has 5 nitrogen and oxygen atoms in total. The van der Waals surface area contributed by atoms with Gasteiger partial charge in [0.05, 0.1) is 0 Å². The Balaban J connectivity index is 1.49. The fourth-order valence-corrected chi connectivity index (χ4v) is 4.62. The molecular weight excluding hydrogens is 439 g/mol. The van der Waals surface area contributed by atoms with Gasteiger partial charge >= 0.3 is 0 Å². The minimum absolute atomic E-state index is 0.0445. The predicted octanol–water partition coefficient (Wildman–Crippen LogP) is 5.54. The highest BCUT2D eigenvalue weighted by molar-refractivity contribution is 7.71. The van der Waals surface area contributed by atoms with Gasteiger partial charge in [-0.2, -0.15) is 5.10 Å². The van der Waals surface area contributed by atoms with Crippen molar-refractivity contribution in [2.75, 3.05) is 6.54 Å². The number of hydrogen-bond donors (Lipinski definition) is 2. The Kier molecular flexibility index (Phi) is 6.27. The molecule has 156 valence electrons. The number of hydrogen-bond acceptors (Lipinski definition) is 3. The molecule has 0 bridgehead atoms. The molecule has 1 aliphatic rings. The van der Waals surface area contributed by atoms with Crippen molar-refractivity contribution in [3.8, 4) is 11.4 Å². The molecule has 3 aromatic rings. The van der Waals surface area contributed by atoms with Gasteiger partial charge in [-0.05, 0) is 67.0 Å². The molecule has 1 amide bonds. The molecule has 1 heterocycles. The van der Waals surface area contributed by atoms with Gasteiger partial charge in [-0.15, -0.1) is 0 Å². The van der Waals surface area contributed by atoms with Crippen LogP contribution in [0.2, 0.25) is 10.0 Å². The number of benzene rings is 2. The number of halogens is 2. The van der Waals surface area contributed by atoms with Gasteiger partial charge in [-0.1, -0.05) is 48.2 Å². The van der Waals surface area contributed by atoms with Crippen molar-refractivity contribution >= 4 is 41.3 Å². The van der Waals surface area contributed by atoms with E-state index in [2.05, 4.69) is 27.6 Å². The monoisotopic (exact) mass is 460 g/mol. The minimum Gasteiger partial charge on any atom is -0.354 e.